The highest BCUT2D eigenvalue weighted by Gasteiger charge is 2.10. The van der Waals surface area contributed by atoms with E-state index in [1.165, 1.54) is 10.8 Å². The maximum absolute atomic E-state index is 4.76. The van der Waals surface area contributed by atoms with Crippen LogP contribution in [0.1, 0.15) is 32.9 Å². The van der Waals surface area contributed by atoms with Gasteiger partial charge in [0.2, 0.25) is 5.95 Å². The van der Waals surface area contributed by atoms with Crippen LogP contribution in [0.3, 0.4) is 0 Å². The molecule has 3 aromatic rings. The summed E-state index contributed by atoms with van der Waals surface area (Å²) in [5.74, 6) is 1.66. The molecule has 0 spiro atoms. The second-order valence-corrected chi connectivity index (χ2v) is 6.12. The van der Waals surface area contributed by atoms with Crippen molar-refractivity contribution in [3.05, 3.63) is 54.2 Å². The first-order valence-corrected chi connectivity index (χ1v) is 9.12. The van der Waals surface area contributed by atoms with Gasteiger partial charge in [0.15, 0.2) is 0 Å². The fourth-order valence-corrected chi connectivity index (χ4v) is 3.09. The second kappa shape index (κ2) is 7.97. The highest BCUT2D eigenvalue weighted by atomic mass is 15.2. The van der Waals surface area contributed by atoms with E-state index in [1.54, 1.807) is 0 Å². The summed E-state index contributed by atoms with van der Waals surface area (Å²) in [5.41, 5.74) is 2.12. The molecule has 0 aliphatic heterocycles. The minimum absolute atomic E-state index is 0.671. The summed E-state index contributed by atoms with van der Waals surface area (Å²) in [6.07, 6.45) is 2.03. The van der Waals surface area contributed by atoms with Crippen molar-refractivity contribution in [2.75, 3.05) is 23.3 Å². The fourth-order valence-electron chi connectivity index (χ4n) is 3.09. The normalized spacial score (nSPS) is 10.8. The van der Waals surface area contributed by atoms with Crippen molar-refractivity contribution < 1.29 is 0 Å². The number of nitrogens with zero attached hydrogens (tertiary/aromatic N) is 3. The van der Waals surface area contributed by atoms with Gasteiger partial charge in [-0.15, -0.1) is 0 Å². The lowest BCUT2D eigenvalue weighted by molar-refractivity contribution is 0.824. The average Bonchev–Trinajstić information content (AvgIpc) is 2.63. The molecule has 0 atom stereocenters. The van der Waals surface area contributed by atoms with Crippen LogP contribution in [0.25, 0.3) is 10.8 Å². The van der Waals surface area contributed by atoms with E-state index in [9.17, 15) is 0 Å². The van der Waals surface area contributed by atoms with Gasteiger partial charge in [0.05, 0.1) is 0 Å². The van der Waals surface area contributed by atoms with E-state index in [4.69, 9.17) is 9.97 Å². The lowest BCUT2D eigenvalue weighted by Gasteiger charge is -2.21. The molecular formula is C21H26N4. The Bertz CT molecular complexity index is 835. The van der Waals surface area contributed by atoms with Crippen molar-refractivity contribution in [2.24, 2.45) is 0 Å². The molecule has 3 rings (SSSR count). The van der Waals surface area contributed by atoms with Gasteiger partial charge in [-0.2, -0.15) is 4.98 Å². The molecule has 4 heteroatoms. The minimum Gasteiger partial charge on any atom is -0.357 e. The van der Waals surface area contributed by atoms with E-state index in [0.717, 1.165) is 43.1 Å². The Morgan fingerprint density at radius 1 is 0.920 bits per heavy atom. The summed E-state index contributed by atoms with van der Waals surface area (Å²) in [7, 11) is 0. The lowest BCUT2D eigenvalue weighted by Crippen LogP contribution is -2.23. The largest absolute Gasteiger partial charge is 0.357 e. The number of rotatable bonds is 7. The Morgan fingerprint density at radius 3 is 2.44 bits per heavy atom. The van der Waals surface area contributed by atoms with E-state index >= 15 is 0 Å². The van der Waals surface area contributed by atoms with Crippen molar-refractivity contribution >= 4 is 28.2 Å². The van der Waals surface area contributed by atoms with Gasteiger partial charge in [0.1, 0.15) is 5.82 Å². The van der Waals surface area contributed by atoms with Gasteiger partial charge in [-0.3, -0.25) is 0 Å². The maximum Gasteiger partial charge on any atom is 0.229 e. The molecule has 0 aliphatic rings. The number of fused-ring (bicyclic) bond motifs is 1. The summed E-state index contributed by atoms with van der Waals surface area (Å²) < 4.78 is 0. The number of aryl methyl sites for hydroxylation is 1. The standard InChI is InChI=1S/C21H26N4/c1-4-10-17-15-20(25(5-2)6-3)24-21(22-17)23-19-14-9-12-16-11-7-8-13-18(16)19/h7-9,11-15H,4-6,10H2,1-3H3,(H,22,23,24). The number of nitrogens with one attached hydrogen (secondary N) is 1. The van der Waals surface area contributed by atoms with Gasteiger partial charge >= 0.3 is 0 Å². The molecule has 0 amide bonds. The molecule has 0 radical (unpaired) electrons. The van der Waals surface area contributed by atoms with Crippen LogP contribution in [0.4, 0.5) is 17.5 Å². The van der Waals surface area contributed by atoms with Gasteiger partial charge in [-0.05, 0) is 31.7 Å². The van der Waals surface area contributed by atoms with Gasteiger partial charge in [-0.25, -0.2) is 4.98 Å². The van der Waals surface area contributed by atoms with Crippen LogP contribution in [-0.4, -0.2) is 23.1 Å². The topological polar surface area (TPSA) is 41.1 Å². The summed E-state index contributed by atoms with van der Waals surface area (Å²) in [6.45, 7) is 8.36. The number of hydrogen-bond acceptors (Lipinski definition) is 4. The van der Waals surface area contributed by atoms with E-state index < -0.39 is 0 Å². The molecule has 2 aromatic carbocycles. The molecule has 0 unspecified atom stereocenters. The number of anilines is 3. The molecule has 4 nitrogen and oxygen atoms in total. The number of hydrogen-bond donors (Lipinski definition) is 1. The van der Waals surface area contributed by atoms with Crippen molar-refractivity contribution in [2.45, 2.75) is 33.6 Å². The van der Waals surface area contributed by atoms with Crippen LogP contribution in [-0.2, 0) is 6.42 Å². The minimum atomic E-state index is 0.671. The van der Waals surface area contributed by atoms with Crippen LogP contribution in [0, 0.1) is 0 Å². The molecule has 0 bridgehead atoms. The first-order valence-electron chi connectivity index (χ1n) is 9.12. The molecule has 0 aliphatic carbocycles. The molecular weight excluding hydrogens is 308 g/mol. The zero-order valence-electron chi connectivity index (χ0n) is 15.3. The monoisotopic (exact) mass is 334 g/mol. The summed E-state index contributed by atoms with van der Waals surface area (Å²) in [4.78, 5) is 11.7. The zero-order valence-corrected chi connectivity index (χ0v) is 15.3. The Morgan fingerprint density at radius 2 is 1.68 bits per heavy atom. The molecule has 1 aromatic heterocycles. The van der Waals surface area contributed by atoms with Crippen molar-refractivity contribution in [3.8, 4) is 0 Å². The summed E-state index contributed by atoms with van der Waals surface area (Å²) in [5, 5.41) is 5.83. The van der Waals surface area contributed by atoms with Crippen molar-refractivity contribution in [1.29, 1.82) is 0 Å². The third-order valence-corrected chi connectivity index (χ3v) is 4.40. The second-order valence-electron chi connectivity index (χ2n) is 6.12. The maximum atomic E-state index is 4.76. The number of benzene rings is 2. The average molecular weight is 334 g/mol. The first-order chi connectivity index (χ1) is 12.2. The van der Waals surface area contributed by atoms with Gasteiger partial charge < -0.3 is 10.2 Å². The fraction of sp³-hybridized carbons (Fsp3) is 0.333. The van der Waals surface area contributed by atoms with Crippen LogP contribution in [0.2, 0.25) is 0 Å². The van der Waals surface area contributed by atoms with Crippen LogP contribution < -0.4 is 10.2 Å². The van der Waals surface area contributed by atoms with E-state index in [1.807, 2.05) is 0 Å². The number of aromatic nitrogens is 2. The third kappa shape index (κ3) is 3.90. The van der Waals surface area contributed by atoms with E-state index in [-0.39, 0.29) is 0 Å². The molecule has 0 saturated heterocycles. The Labute approximate surface area is 149 Å². The van der Waals surface area contributed by atoms with Crippen molar-refractivity contribution in [3.63, 3.8) is 0 Å². The van der Waals surface area contributed by atoms with Crippen molar-refractivity contribution in [1.82, 2.24) is 9.97 Å². The van der Waals surface area contributed by atoms with Gasteiger partial charge in [0, 0.05) is 35.9 Å². The Hall–Kier alpha value is -2.62. The Kier molecular flexibility index (Phi) is 5.49. The first kappa shape index (κ1) is 17.2. The zero-order chi connectivity index (χ0) is 17.6. The highest BCUT2D eigenvalue weighted by Crippen LogP contribution is 2.26. The van der Waals surface area contributed by atoms with Gasteiger partial charge in [0.25, 0.3) is 0 Å². The predicted octanol–water partition coefficient (Wildman–Crippen LogP) is 5.17. The molecule has 1 heterocycles. The molecule has 1 N–H and O–H groups in total. The molecule has 0 fully saturated rings. The van der Waals surface area contributed by atoms with Crippen LogP contribution >= 0.6 is 0 Å². The molecule has 0 saturated carbocycles. The summed E-state index contributed by atoms with van der Waals surface area (Å²) in [6, 6.07) is 16.7. The van der Waals surface area contributed by atoms with E-state index in [2.05, 4.69) is 79.5 Å². The SMILES string of the molecule is CCCc1cc(N(CC)CC)nc(Nc2cccc3ccccc23)n1. The van der Waals surface area contributed by atoms with Crippen LogP contribution in [0.15, 0.2) is 48.5 Å². The molecule has 25 heavy (non-hydrogen) atoms. The summed E-state index contributed by atoms with van der Waals surface area (Å²) >= 11 is 0. The third-order valence-electron chi connectivity index (χ3n) is 4.40. The Balaban J connectivity index is 2.00. The van der Waals surface area contributed by atoms with Crippen LogP contribution in [0.5, 0.6) is 0 Å². The molecule has 130 valence electrons. The highest BCUT2D eigenvalue weighted by molar-refractivity contribution is 5.94. The van der Waals surface area contributed by atoms with Gasteiger partial charge in [-0.1, -0.05) is 49.7 Å². The smallest absolute Gasteiger partial charge is 0.229 e. The lowest BCUT2D eigenvalue weighted by atomic mass is 10.1. The quantitative estimate of drug-likeness (QED) is 0.647. The predicted molar refractivity (Wildman–Crippen MR) is 107 cm³/mol. The van der Waals surface area contributed by atoms with E-state index in [0.29, 0.717) is 5.95 Å².